The number of imidazole rings is 1. The Kier molecular flexibility index (Phi) is 5.82. The molecule has 0 fully saturated rings. The van der Waals surface area contributed by atoms with Crippen LogP contribution in [0.3, 0.4) is 0 Å². The summed E-state index contributed by atoms with van der Waals surface area (Å²) in [5.74, 6) is 0.206. The fourth-order valence-electron chi connectivity index (χ4n) is 2.85. The summed E-state index contributed by atoms with van der Waals surface area (Å²) in [5, 5.41) is 5.56. The number of benzene rings is 2. The molecule has 0 spiro atoms. The lowest BCUT2D eigenvalue weighted by Crippen LogP contribution is -2.41. The lowest BCUT2D eigenvalue weighted by molar-refractivity contribution is -0.117. The standard InChI is InChI=1S/C23H26N4O2/c1-15(26-22(29)17-5-9-18(10-6-17)23(2,3)4)21(28)27-19-11-7-16(8-12-19)20-24-13-14-25-20/h5-15H,1-4H3,(H,24,25)(H,26,29)(H,27,28). The predicted molar refractivity (Wildman–Crippen MR) is 115 cm³/mol. The second-order valence-corrected chi connectivity index (χ2v) is 8.03. The highest BCUT2D eigenvalue weighted by Gasteiger charge is 2.18. The smallest absolute Gasteiger partial charge is 0.251 e. The normalized spacial score (nSPS) is 12.3. The zero-order valence-electron chi connectivity index (χ0n) is 17.1. The van der Waals surface area contributed by atoms with Gasteiger partial charge in [-0.2, -0.15) is 0 Å². The fraction of sp³-hybridized carbons (Fsp3) is 0.261. The monoisotopic (exact) mass is 390 g/mol. The van der Waals surface area contributed by atoms with Crippen LogP contribution in [0.1, 0.15) is 43.6 Å². The highest BCUT2D eigenvalue weighted by molar-refractivity contribution is 6.01. The van der Waals surface area contributed by atoms with Gasteiger partial charge in [-0.05, 0) is 54.3 Å². The minimum absolute atomic E-state index is 0.0225. The largest absolute Gasteiger partial charge is 0.345 e. The SMILES string of the molecule is CC(NC(=O)c1ccc(C(C)(C)C)cc1)C(=O)Nc1ccc(-c2ncc[nH]2)cc1. The molecular weight excluding hydrogens is 364 g/mol. The average Bonchev–Trinajstić information content (AvgIpc) is 3.22. The van der Waals surface area contributed by atoms with Crippen molar-refractivity contribution in [3.05, 3.63) is 72.1 Å². The Labute approximate surface area is 170 Å². The van der Waals surface area contributed by atoms with Crippen LogP contribution in [0.15, 0.2) is 60.9 Å². The number of nitrogens with zero attached hydrogens (tertiary/aromatic N) is 1. The van der Waals surface area contributed by atoms with Gasteiger partial charge < -0.3 is 15.6 Å². The summed E-state index contributed by atoms with van der Waals surface area (Å²) in [7, 11) is 0. The van der Waals surface area contributed by atoms with Gasteiger partial charge in [-0.25, -0.2) is 4.98 Å². The molecule has 3 N–H and O–H groups in total. The van der Waals surface area contributed by atoms with Gasteiger partial charge in [-0.15, -0.1) is 0 Å². The maximum Gasteiger partial charge on any atom is 0.251 e. The Bertz CT molecular complexity index is 969. The maximum atomic E-state index is 12.4. The summed E-state index contributed by atoms with van der Waals surface area (Å²) in [4.78, 5) is 32.1. The van der Waals surface area contributed by atoms with E-state index in [0.717, 1.165) is 17.0 Å². The second-order valence-electron chi connectivity index (χ2n) is 8.03. The number of aromatic amines is 1. The van der Waals surface area contributed by atoms with Crippen LogP contribution in [0.25, 0.3) is 11.4 Å². The number of carbonyl (C=O) groups excluding carboxylic acids is 2. The Hall–Kier alpha value is -3.41. The number of rotatable bonds is 5. The third-order valence-corrected chi connectivity index (χ3v) is 4.68. The molecular formula is C23H26N4O2. The van der Waals surface area contributed by atoms with Crippen molar-refractivity contribution in [1.82, 2.24) is 15.3 Å². The van der Waals surface area contributed by atoms with Crippen molar-refractivity contribution in [2.24, 2.45) is 0 Å². The van der Waals surface area contributed by atoms with Crippen molar-refractivity contribution in [2.45, 2.75) is 39.2 Å². The van der Waals surface area contributed by atoms with E-state index in [4.69, 9.17) is 0 Å². The molecule has 0 radical (unpaired) electrons. The van der Waals surface area contributed by atoms with Gasteiger partial charge in [0.1, 0.15) is 11.9 Å². The molecule has 0 saturated carbocycles. The topological polar surface area (TPSA) is 86.9 Å². The molecule has 0 bridgehead atoms. The third kappa shape index (κ3) is 5.10. The minimum Gasteiger partial charge on any atom is -0.345 e. The van der Waals surface area contributed by atoms with Gasteiger partial charge in [0, 0.05) is 29.2 Å². The Morgan fingerprint density at radius 1 is 1.00 bits per heavy atom. The number of anilines is 1. The van der Waals surface area contributed by atoms with Crippen molar-refractivity contribution in [3.8, 4) is 11.4 Å². The van der Waals surface area contributed by atoms with E-state index in [1.807, 2.05) is 24.3 Å². The molecule has 1 aromatic heterocycles. The van der Waals surface area contributed by atoms with Gasteiger partial charge in [0.15, 0.2) is 0 Å². The lowest BCUT2D eigenvalue weighted by atomic mass is 9.86. The van der Waals surface area contributed by atoms with Gasteiger partial charge in [0.25, 0.3) is 5.91 Å². The minimum atomic E-state index is -0.672. The van der Waals surface area contributed by atoms with Crippen molar-refractivity contribution >= 4 is 17.5 Å². The number of hydrogen-bond acceptors (Lipinski definition) is 3. The molecule has 0 saturated heterocycles. The zero-order chi connectivity index (χ0) is 21.0. The summed E-state index contributed by atoms with van der Waals surface area (Å²) in [6.07, 6.45) is 3.44. The molecule has 0 aliphatic carbocycles. The van der Waals surface area contributed by atoms with E-state index in [1.165, 1.54) is 0 Å². The molecule has 6 nitrogen and oxygen atoms in total. The van der Waals surface area contributed by atoms with Crippen molar-refractivity contribution < 1.29 is 9.59 Å². The van der Waals surface area contributed by atoms with Crippen molar-refractivity contribution in [2.75, 3.05) is 5.32 Å². The predicted octanol–water partition coefficient (Wildman–Crippen LogP) is 4.13. The van der Waals surface area contributed by atoms with E-state index < -0.39 is 6.04 Å². The first-order valence-corrected chi connectivity index (χ1v) is 9.56. The number of nitrogens with one attached hydrogen (secondary N) is 3. The quantitative estimate of drug-likeness (QED) is 0.612. The molecule has 29 heavy (non-hydrogen) atoms. The van der Waals surface area contributed by atoms with E-state index in [1.54, 1.807) is 43.6 Å². The number of hydrogen-bond donors (Lipinski definition) is 3. The molecule has 3 aromatic rings. The summed E-state index contributed by atoms with van der Waals surface area (Å²) in [6.45, 7) is 8.02. The molecule has 1 heterocycles. The van der Waals surface area contributed by atoms with Crippen molar-refractivity contribution in [1.29, 1.82) is 0 Å². The second kappa shape index (κ2) is 8.31. The van der Waals surface area contributed by atoms with Gasteiger partial charge in [-0.3, -0.25) is 9.59 Å². The van der Waals surface area contributed by atoms with E-state index >= 15 is 0 Å². The molecule has 3 rings (SSSR count). The molecule has 2 aromatic carbocycles. The maximum absolute atomic E-state index is 12.4. The first-order valence-electron chi connectivity index (χ1n) is 9.56. The van der Waals surface area contributed by atoms with E-state index in [9.17, 15) is 9.59 Å². The summed E-state index contributed by atoms with van der Waals surface area (Å²) >= 11 is 0. The molecule has 150 valence electrons. The fourth-order valence-corrected chi connectivity index (χ4v) is 2.85. The molecule has 2 amide bonds. The number of H-pyrrole nitrogens is 1. The Morgan fingerprint density at radius 3 is 2.21 bits per heavy atom. The van der Waals surface area contributed by atoms with E-state index in [2.05, 4.69) is 41.4 Å². The first kappa shape index (κ1) is 20.3. The third-order valence-electron chi connectivity index (χ3n) is 4.68. The van der Waals surface area contributed by atoms with Crippen LogP contribution < -0.4 is 10.6 Å². The van der Waals surface area contributed by atoms with Gasteiger partial charge in [-0.1, -0.05) is 32.9 Å². The first-order chi connectivity index (χ1) is 13.7. The van der Waals surface area contributed by atoms with E-state index in [-0.39, 0.29) is 17.2 Å². The Balaban J connectivity index is 1.58. The molecule has 1 unspecified atom stereocenters. The summed E-state index contributed by atoms with van der Waals surface area (Å²) < 4.78 is 0. The van der Waals surface area contributed by atoms with Gasteiger partial charge in [0.2, 0.25) is 5.91 Å². The molecule has 0 aliphatic rings. The summed E-state index contributed by atoms with van der Waals surface area (Å²) in [6, 6.07) is 14.1. The highest BCUT2D eigenvalue weighted by atomic mass is 16.2. The molecule has 6 heteroatoms. The van der Waals surface area contributed by atoms with Gasteiger partial charge >= 0.3 is 0 Å². The highest BCUT2D eigenvalue weighted by Crippen LogP contribution is 2.22. The van der Waals surface area contributed by atoms with Crippen LogP contribution in [0.2, 0.25) is 0 Å². The van der Waals surface area contributed by atoms with Crippen LogP contribution in [0.4, 0.5) is 5.69 Å². The number of carbonyl (C=O) groups is 2. The van der Waals surface area contributed by atoms with Crippen LogP contribution in [-0.2, 0) is 10.2 Å². The summed E-state index contributed by atoms with van der Waals surface area (Å²) in [5.41, 5.74) is 3.28. The van der Waals surface area contributed by atoms with Crippen LogP contribution in [-0.4, -0.2) is 27.8 Å². The van der Waals surface area contributed by atoms with Crippen molar-refractivity contribution in [3.63, 3.8) is 0 Å². The number of aromatic nitrogens is 2. The van der Waals surface area contributed by atoms with Crippen LogP contribution in [0, 0.1) is 0 Å². The van der Waals surface area contributed by atoms with E-state index in [0.29, 0.717) is 11.3 Å². The average molecular weight is 390 g/mol. The van der Waals surface area contributed by atoms with Crippen LogP contribution in [0.5, 0.6) is 0 Å². The lowest BCUT2D eigenvalue weighted by Gasteiger charge is -2.19. The molecule has 1 atom stereocenters. The number of amides is 2. The van der Waals surface area contributed by atoms with Gasteiger partial charge in [0.05, 0.1) is 0 Å². The van der Waals surface area contributed by atoms with Crippen LogP contribution >= 0.6 is 0 Å². The molecule has 0 aliphatic heterocycles. The Morgan fingerprint density at radius 2 is 1.66 bits per heavy atom. The zero-order valence-corrected chi connectivity index (χ0v) is 17.1.